The fourth-order valence-electron chi connectivity index (χ4n) is 2.75. The van der Waals surface area contributed by atoms with Crippen molar-refractivity contribution in [1.29, 1.82) is 0 Å². The van der Waals surface area contributed by atoms with Crippen molar-refractivity contribution >= 4 is 0 Å². The van der Waals surface area contributed by atoms with E-state index in [4.69, 9.17) is 4.74 Å². The van der Waals surface area contributed by atoms with Crippen LogP contribution in [0.1, 0.15) is 26.2 Å². The summed E-state index contributed by atoms with van der Waals surface area (Å²) in [5.41, 5.74) is 0.661. The molecule has 2 rings (SSSR count). The van der Waals surface area contributed by atoms with Gasteiger partial charge in [0.1, 0.15) is 0 Å². The van der Waals surface area contributed by atoms with E-state index in [0.29, 0.717) is 11.5 Å². The molecule has 1 radical (unpaired) electrons. The topological polar surface area (TPSA) is 12.5 Å². The first-order valence-corrected chi connectivity index (χ1v) is 5.04. The molecule has 0 aromatic carbocycles. The summed E-state index contributed by atoms with van der Waals surface area (Å²) in [4.78, 5) is 2.45. The van der Waals surface area contributed by atoms with E-state index in [1.807, 2.05) is 0 Å². The van der Waals surface area contributed by atoms with Crippen LogP contribution in [0.3, 0.4) is 0 Å². The van der Waals surface area contributed by atoms with Crippen LogP contribution in [0.25, 0.3) is 0 Å². The summed E-state index contributed by atoms with van der Waals surface area (Å²) < 4.78 is 5.58. The van der Waals surface area contributed by atoms with Crippen LogP contribution in [0, 0.1) is 5.41 Å². The largest absolute Gasteiger partial charge is 0.378 e. The van der Waals surface area contributed by atoms with Gasteiger partial charge in [-0.2, -0.15) is 0 Å². The predicted molar refractivity (Wildman–Crippen MR) is 49.2 cm³/mol. The van der Waals surface area contributed by atoms with Crippen LogP contribution in [-0.4, -0.2) is 37.7 Å². The van der Waals surface area contributed by atoms with Gasteiger partial charge in [-0.3, -0.25) is 0 Å². The van der Waals surface area contributed by atoms with Crippen molar-refractivity contribution in [1.82, 2.24) is 4.90 Å². The number of rotatable bonds is 2. The molecule has 75 valence electrons. The Morgan fingerprint density at radius 2 is 2.15 bits per heavy atom. The van der Waals surface area contributed by atoms with Crippen molar-refractivity contribution in [2.24, 2.45) is 5.41 Å². The molecule has 13 heavy (non-hydrogen) atoms. The fourth-order valence-corrected chi connectivity index (χ4v) is 2.75. The first-order chi connectivity index (χ1) is 5.74. The smallest absolute Gasteiger partial charge is 0.0586 e. The van der Waals surface area contributed by atoms with E-state index in [1.54, 1.807) is 0 Å². The summed E-state index contributed by atoms with van der Waals surface area (Å²) in [5, 5.41) is 0. The molecule has 1 aliphatic heterocycles. The van der Waals surface area contributed by atoms with E-state index in [-0.39, 0.29) is 18.6 Å². The molecule has 1 spiro atoms. The third-order valence-corrected chi connectivity index (χ3v) is 3.35. The fraction of sp³-hybridized carbons (Fsp3) is 1.00. The minimum absolute atomic E-state index is 0. The van der Waals surface area contributed by atoms with E-state index >= 15 is 0 Å². The Morgan fingerprint density at radius 1 is 1.46 bits per heavy atom. The quantitative estimate of drug-likeness (QED) is 0.699. The van der Waals surface area contributed by atoms with Crippen LogP contribution in [0.5, 0.6) is 0 Å². The van der Waals surface area contributed by atoms with Gasteiger partial charge in [-0.25, -0.2) is 0 Å². The minimum Gasteiger partial charge on any atom is -0.378 e. The molecule has 0 aromatic rings. The van der Waals surface area contributed by atoms with E-state index in [9.17, 15) is 0 Å². The van der Waals surface area contributed by atoms with Gasteiger partial charge in [0.15, 0.2) is 0 Å². The third kappa shape index (κ3) is 2.30. The van der Waals surface area contributed by atoms with Gasteiger partial charge >= 0.3 is 0 Å². The minimum atomic E-state index is 0. The van der Waals surface area contributed by atoms with Gasteiger partial charge < -0.3 is 9.64 Å². The van der Waals surface area contributed by atoms with Crippen LogP contribution in [0.4, 0.5) is 0 Å². The number of ether oxygens (including phenoxy) is 1. The van der Waals surface area contributed by atoms with Crippen molar-refractivity contribution in [2.45, 2.75) is 32.3 Å². The van der Waals surface area contributed by atoms with E-state index in [2.05, 4.69) is 18.9 Å². The second kappa shape index (κ2) is 4.35. The summed E-state index contributed by atoms with van der Waals surface area (Å²) in [6, 6.07) is 0. The predicted octanol–water partition coefficient (Wildman–Crippen LogP) is 1.50. The van der Waals surface area contributed by atoms with Crippen molar-refractivity contribution in [3.8, 4) is 0 Å². The van der Waals surface area contributed by atoms with E-state index < -0.39 is 0 Å². The van der Waals surface area contributed by atoms with Crippen LogP contribution in [-0.2, 0) is 23.3 Å². The van der Waals surface area contributed by atoms with Crippen molar-refractivity contribution in [2.75, 3.05) is 26.7 Å². The number of hydrogen-bond acceptors (Lipinski definition) is 2. The van der Waals surface area contributed by atoms with E-state index in [0.717, 1.165) is 6.61 Å². The Labute approximate surface area is 92.9 Å². The summed E-state index contributed by atoms with van der Waals surface area (Å²) in [6.45, 7) is 5.57. The monoisotopic (exact) mass is 220 g/mol. The molecule has 0 unspecified atom stereocenters. The standard InChI is InChI=1S/C10H19NO.V/c1-3-12-9-6-10(7-9)4-5-11(2)8-10;/h9H,3-8H2,1-2H3;. The van der Waals surface area contributed by atoms with Gasteiger partial charge in [0.05, 0.1) is 6.10 Å². The summed E-state index contributed by atoms with van der Waals surface area (Å²) in [7, 11) is 2.22. The normalized spacial score (nSPS) is 38.8. The van der Waals surface area contributed by atoms with Gasteiger partial charge in [-0.15, -0.1) is 0 Å². The van der Waals surface area contributed by atoms with Crippen LogP contribution in [0.2, 0.25) is 0 Å². The maximum Gasteiger partial charge on any atom is 0.0586 e. The third-order valence-electron chi connectivity index (χ3n) is 3.35. The molecule has 1 saturated carbocycles. The zero-order valence-corrected chi connectivity index (χ0v) is 10.0. The number of likely N-dealkylation sites (tertiary alicyclic amines) is 1. The second-order valence-electron chi connectivity index (χ2n) is 4.47. The first kappa shape index (κ1) is 11.6. The summed E-state index contributed by atoms with van der Waals surface area (Å²) in [5.74, 6) is 0. The maximum absolute atomic E-state index is 5.58. The number of hydrogen-bond donors (Lipinski definition) is 0. The van der Waals surface area contributed by atoms with Gasteiger partial charge in [0.2, 0.25) is 0 Å². The molecule has 0 atom stereocenters. The van der Waals surface area contributed by atoms with E-state index in [1.165, 1.54) is 32.4 Å². The zero-order chi connectivity index (χ0) is 8.60. The Bertz CT molecular complexity index is 168. The van der Waals surface area contributed by atoms with Crippen LogP contribution < -0.4 is 0 Å². The van der Waals surface area contributed by atoms with Gasteiger partial charge in [-0.05, 0) is 45.2 Å². The molecule has 1 heterocycles. The van der Waals surface area contributed by atoms with Gasteiger partial charge in [-0.1, -0.05) is 0 Å². The maximum atomic E-state index is 5.58. The molecule has 0 N–H and O–H groups in total. The first-order valence-electron chi connectivity index (χ1n) is 5.04. The molecule has 3 heteroatoms. The SMILES string of the molecule is CCOC1CC2(CCN(C)C2)C1.[V]. The summed E-state index contributed by atoms with van der Waals surface area (Å²) in [6.07, 6.45) is 4.60. The van der Waals surface area contributed by atoms with Crippen molar-refractivity contribution in [3.63, 3.8) is 0 Å². The molecule has 1 saturated heterocycles. The number of nitrogens with zero attached hydrogens (tertiary/aromatic N) is 1. The van der Waals surface area contributed by atoms with Gasteiger partial charge in [0, 0.05) is 31.7 Å². The molecule has 1 aliphatic carbocycles. The molecular formula is C10H19NOV. The van der Waals surface area contributed by atoms with Gasteiger partial charge in [0.25, 0.3) is 0 Å². The Hall–Kier alpha value is 0.504. The molecule has 0 amide bonds. The zero-order valence-electron chi connectivity index (χ0n) is 8.62. The van der Waals surface area contributed by atoms with Crippen LogP contribution in [0.15, 0.2) is 0 Å². The molecular weight excluding hydrogens is 201 g/mol. The molecule has 2 fully saturated rings. The van der Waals surface area contributed by atoms with Crippen molar-refractivity contribution < 1.29 is 23.3 Å². The molecule has 0 aromatic heterocycles. The average molecular weight is 220 g/mol. The molecule has 0 bridgehead atoms. The average Bonchev–Trinajstić information content (AvgIpc) is 2.31. The van der Waals surface area contributed by atoms with Crippen LogP contribution >= 0.6 is 0 Å². The summed E-state index contributed by atoms with van der Waals surface area (Å²) >= 11 is 0. The Balaban J connectivity index is 0.000000845. The Kier molecular flexibility index (Phi) is 3.87. The second-order valence-corrected chi connectivity index (χ2v) is 4.47. The molecule has 2 nitrogen and oxygen atoms in total. The van der Waals surface area contributed by atoms with Crippen molar-refractivity contribution in [3.05, 3.63) is 0 Å². The molecule has 2 aliphatic rings. The Morgan fingerprint density at radius 3 is 2.62 bits per heavy atom.